The summed E-state index contributed by atoms with van der Waals surface area (Å²) >= 11 is 0. The second-order valence-electron chi connectivity index (χ2n) is 10.5. The molecule has 0 amide bonds. The van der Waals surface area contributed by atoms with E-state index >= 15 is 0 Å². The highest BCUT2D eigenvalue weighted by atomic mass is 14.2. The highest BCUT2D eigenvalue weighted by Crippen LogP contribution is 2.42. The standard InChI is InChI=1S/C40H30.C2H6/c1-3-27-21-22-31(23-28(27)4-2)30-15-12-16-32(24-30)39-26-33-25-38(29-13-6-5-7-14-29)34-17-8-10-19-36(34)40(33)37-20-11-9-18-35(37)39;1-2/h3,5-26H,1,4H2,2H3;1-2H3. The van der Waals surface area contributed by atoms with Gasteiger partial charge in [0.15, 0.2) is 0 Å². The van der Waals surface area contributed by atoms with Crippen molar-refractivity contribution in [1.82, 2.24) is 0 Å². The summed E-state index contributed by atoms with van der Waals surface area (Å²) in [5.74, 6) is 0. The number of rotatable bonds is 5. The van der Waals surface area contributed by atoms with Crippen LogP contribution < -0.4 is 0 Å². The van der Waals surface area contributed by atoms with Crippen LogP contribution in [0.3, 0.4) is 0 Å². The molecule has 0 unspecified atom stereocenters. The van der Waals surface area contributed by atoms with Gasteiger partial charge in [-0.1, -0.05) is 149 Å². The van der Waals surface area contributed by atoms with E-state index in [0.29, 0.717) is 0 Å². The molecule has 0 atom stereocenters. The summed E-state index contributed by atoms with van der Waals surface area (Å²) in [6, 6.07) is 48.9. The molecule has 7 aromatic carbocycles. The van der Waals surface area contributed by atoms with Crippen molar-refractivity contribution in [1.29, 1.82) is 0 Å². The van der Waals surface area contributed by atoms with Crippen LogP contribution in [0.2, 0.25) is 0 Å². The lowest BCUT2D eigenvalue weighted by Gasteiger charge is -2.16. The van der Waals surface area contributed by atoms with Crippen molar-refractivity contribution >= 4 is 38.4 Å². The van der Waals surface area contributed by atoms with E-state index in [-0.39, 0.29) is 0 Å². The lowest BCUT2D eigenvalue weighted by Crippen LogP contribution is -1.90. The summed E-state index contributed by atoms with van der Waals surface area (Å²) in [6.45, 7) is 10.2. The Labute approximate surface area is 249 Å². The quantitative estimate of drug-likeness (QED) is 0.190. The Bertz CT molecular complexity index is 2040. The van der Waals surface area contributed by atoms with Gasteiger partial charge in [-0.15, -0.1) is 0 Å². The van der Waals surface area contributed by atoms with Crippen LogP contribution in [-0.4, -0.2) is 0 Å². The van der Waals surface area contributed by atoms with Gasteiger partial charge < -0.3 is 0 Å². The molecule has 0 nitrogen and oxygen atoms in total. The Hall–Kier alpha value is -4.94. The van der Waals surface area contributed by atoms with Crippen molar-refractivity contribution in [3.63, 3.8) is 0 Å². The van der Waals surface area contributed by atoms with Gasteiger partial charge in [0.25, 0.3) is 0 Å². The van der Waals surface area contributed by atoms with Gasteiger partial charge in [0.05, 0.1) is 0 Å². The van der Waals surface area contributed by atoms with Crippen molar-refractivity contribution in [3.05, 3.63) is 151 Å². The fourth-order valence-corrected chi connectivity index (χ4v) is 6.23. The molecule has 0 N–H and O–H groups in total. The smallest absolute Gasteiger partial charge is 0.00259 e. The first kappa shape index (κ1) is 27.2. The van der Waals surface area contributed by atoms with Crippen molar-refractivity contribution in [2.24, 2.45) is 0 Å². The monoisotopic (exact) mass is 540 g/mol. The first-order valence-electron chi connectivity index (χ1n) is 15.0. The highest BCUT2D eigenvalue weighted by Gasteiger charge is 2.15. The normalized spacial score (nSPS) is 10.9. The molecular formula is C42H36. The average molecular weight is 541 g/mol. The maximum Gasteiger partial charge on any atom is -0.00259 e. The molecular weight excluding hydrogens is 504 g/mol. The zero-order valence-electron chi connectivity index (χ0n) is 24.7. The van der Waals surface area contributed by atoms with Crippen LogP contribution in [0.1, 0.15) is 31.9 Å². The Morgan fingerprint density at radius 3 is 1.64 bits per heavy atom. The van der Waals surface area contributed by atoms with Crippen LogP contribution in [0.4, 0.5) is 0 Å². The molecule has 0 radical (unpaired) electrons. The first-order valence-corrected chi connectivity index (χ1v) is 15.0. The van der Waals surface area contributed by atoms with E-state index in [1.165, 1.54) is 76.8 Å². The zero-order chi connectivity index (χ0) is 29.1. The summed E-state index contributed by atoms with van der Waals surface area (Å²) in [4.78, 5) is 0. The van der Waals surface area contributed by atoms with Crippen LogP contribution in [0.25, 0.3) is 71.8 Å². The van der Waals surface area contributed by atoms with Crippen molar-refractivity contribution in [2.45, 2.75) is 27.2 Å². The molecule has 7 rings (SSSR count). The molecule has 0 spiro atoms. The van der Waals surface area contributed by atoms with Gasteiger partial charge in [0.1, 0.15) is 0 Å². The Morgan fingerprint density at radius 1 is 0.500 bits per heavy atom. The number of aryl methyl sites for hydroxylation is 1. The minimum absolute atomic E-state index is 0.988. The highest BCUT2D eigenvalue weighted by molar-refractivity contribution is 6.25. The largest absolute Gasteiger partial charge is 0.0985 e. The molecule has 204 valence electrons. The third kappa shape index (κ3) is 4.80. The van der Waals surface area contributed by atoms with Crippen molar-refractivity contribution in [2.75, 3.05) is 0 Å². The molecule has 0 saturated carbocycles. The summed E-state index contributed by atoms with van der Waals surface area (Å²) in [6.07, 6.45) is 2.94. The van der Waals surface area contributed by atoms with E-state index in [1.807, 2.05) is 19.9 Å². The van der Waals surface area contributed by atoms with Gasteiger partial charge in [-0.3, -0.25) is 0 Å². The summed E-state index contributed by atoms with van der Waals surface area (Å²) in [7, 11) is 0. The summed E-state index contributed by atoms with van der Waals surface area (Å²) in [5, 5.41) is 7.74. The Kier molecular flexibility index (Phi) is 7.71. The Morgan fingerprint density at radius 2 is 1.02 bits per heavy atom. The van der Waals surface area contributed by atoms with E-state index < -0.39 is 0 Å². The number of hydrogen-bond donors (Lipinski definition) is 0. The molecule has 0 saturated heterocycles. The molecule has 0 aliphatic rings. The SMILES string of the molecule is C=Cc1ccc(-c2cccc(-c3cc4cc(-c5ccccc5)c5ccccc5c4c4ccccc34)c2)cc1CC.CC. The molecule has 0 aromatic heterocycles. The van der Waals surface area contributed by atoms with Crippen LogP contribution >= 0.6 is 0 Å². The second-order valence-corrected chi connectivity index (χ2v) is 10.5. The summed E-state index contributed by atoms with van der Waals surface area (Å²) in [5.41, 5.74) is 10.0. The fraction of sp³-hybridized carbons (Fsp3) is 0.0952. The fourth-order valence-electron chi connectivity index (χ4n) is 6.23. The van der Waals surface area contributed by atoms with Crippen molar-refractivity contribution < 1.29 is 0 Å². The molecule has 42 heavy (non-hydrogen) atoms. The topological polar surface area (TPSA) is 0 Å². The van der Waals surface area contributed by atoms with Crippen LogP contribution in [0, 0.1) is 0 Å². The molecule has 0 heteroatoms. The maximum absolute atomic E-state index is 3.99. The van der Waals surface area contributed by atoms with Gasteiger partial charge in [-0.05, 0) is 101 Å². The first-order chi connectivity index (χ1) is 20.7. The lowest BCUT2D eigenvalue weighted by atomic mass is 9.87. The van der Waals surface area contributed by atoms with Gasteiger partial charge >= 0.3 is 0 Å². The molecule has 0 aliphatic heterocycles. The predicted octanol–water partition coefficient (Wildman–Crippen LogP) is 12.4. The second kappa shape index (κ2) is 11.9. The van der Waals surface area contributed by atoms with E-state index in [2.05, 4.69) is 147 Å². The predicted molar refractivity (Wildman–Crippen MR) is 186 cm³/mol. The third-order valence-electron chi connectivity index (χ3n) is 8.20. The third-order valence-corrected chi connectivity index (χ3v) is 8.20. The lowest BCUT2D eigenvalue weighted by molar-refractivity contribution is 1.13. The molecule has 0 bridgehead atoms. The minimum atomic E-state index is 0.988. The number of benzene rings is 7. The van der Waals surface area contributed by atoms with Crippen LogP contribution in [0.15, 0.2) is 140 Å². The van der Waals surface area contributed by atoms with Gasteiger partial charge in [-0.25, -0.2) is 0 Å². The minimum Gasteiger partial charge on any atom is -0.0985 e. The van der Waals surface area contributed by atoms with Gasteiger partial charge in [-0.2, -0.15) is 0 Å². The van der Waals surface area contributed by atoms with Crippen LogP contribution in [-0.2, 0) is 6.42 Å². The molecule has 0 heterocycles. The Balaban J connectivity index is 0.00000155. The van der Waals surface area contributed by atoms with Crippen LogP contribution in [0.5, 0.6) is 0 Å². The molecule has 0 aliphatic carbocycles. The number of hydrogen-bond acceptors (Lipinski definition) is 0. The molecule has 0 fully saturated rings. The zero-order valence-corrected chi connectivity index (χ0v) is 24.7. The maximum atomic E-state index is 3.99. The molecule has 7 aromatic rings. The average Bonchev–Trinajstić information content (AvgIpc) is 3.08. The number of fused-ring (bicyclic) bond motifs is 5. The van der Waals surface area contributed by atoms with Gasteiger partial charge in [0.2, 0.25) is 0 Å². The van der Waals surface area contributed by atoms with E-state index in [4.69, 9.17) is 0 Å². The summed E-state index contributed by atoms with van der Waals surface area (Å²) < 4.78 is 0. The van der Waals surface area contributed by atoms with E-state index in [9.17, 15) is 0 Å². The van der Waals surface area contributed by atoms with E-state index in [0.717, 1.165) is 6.42 Å². The van der Waals surface area contributed by atoms with E-state index in [1.54, 1.807) is 0 Å². The van der Waals surface area contributed by atoms with Gasteiger partial charge in [0, 0.05) is 0 Å². The van der Waals surface area contributed by atoms with Crippen molar-refractivity contribution in [3.8, 4) is 33.4 Å².